The highest BCUT2D eigenvalue weighted by Gasteiger charge is 2.28. The first-order valence-corrected chi connectivity index (χ1v) is 31.0. The summed E-state index contributed by atoms with van der Waals surface area (Å²) in [5.41, 5.74) is 0. The molecule has 0 aromatic carbocycles. The van der Waals surface area contributed by atoms with Gasteiger partial charge in [0.1, 0.15) is 12.7 Å². The van der Waals surface area contributed by atoms with E-state index in [-0.39, 0.29) is 25.9 Å². The topological polar surface area (TPSA) is 155 Å². The normalized spacial score (nSPS) is 14.0. The summed E-state index contributed by atoms with van der Waals surface area (Å²) in [6, 6.07) is 0. The van der Waals surface area contributed by atoms with Crippen molar-refractivity contribution in [2.24, 2.45) is 0 Å². The van der Waals surface area contributed by atoms with Crippen LogP contribution in [0.2, 0.25) is 0 Å². The van der Waals surface area contributed by atoms with E-state index in [1.807, 2.05) is 0 Å². The first kappa shape index (κ1) is 70.7. The van der Waals surface area contributed by atoms with E-state index in [4.69, 9.17) is 23.3 Å². The minimum Gasteiger partial charge on any atom is -0.462 e. The van der Waals surface area contributed by atoms with Gasteiger partial charge in [-0.3, -0.25) is 23.4 Å². The molecule has 426 valence electrons. The average Bonchev–Trinajstić information content (AvgIpc) is 3.39. The fraction of sp³-hybridized carbons (Fsp3) is 0.726. The fourth-order valence-electron chi connectivity index (χ4n) is 7.77. The second kappa shape index (κ2) is 55.9. The predicted molar refractivity (Wildman–Crippen MR) is 307 cm³/mol. The van der Waals surface area contributed by atoms with Crippen LogP contribution in [0.3, 0.4) is 0 Å². The monoisotopic (exact) mass is 1060 g/mol. The van der Waals surface area contributed by atoms with Crippen molar-refractivity contribution >= 4 is 25.7 Å². The molecule has 0 heterocycles. The average molecular weight is 1060 g/mol. The molecule has 0 aliphatic carbocycles. The van der Waals surface area contributed by atoms with Crippen LogP contribution in [0.25, 0.3) is 0 Å². The zero-order valence-electron chi connectivity index (χ0n) is 47.0. The minimum atomic E-state index is -4.76. The maximum absolute atomic E-state index is 12.9. The molecule has 0 radical (unpaired) electrons. The number of carbonyl (C=O) groups excluding carboxylic acids is 3. The van der Waals surface area contributed by atoms with Gasteiger partial charge in [-0.25, -0.2) is 4.57 Å². The molecule has 0 fully saturated rings. The van der Waals surface area contributed by atoms with Crippen LogP contribution in [0.1, 0.15) is 252 Å². The van der Waals surface area contributed by atoms with Crippen molar-refractivity contribution < 1.29 is 52.2 Å². The smallest absolute Gasteiger partial charge is 0.462 e. The zero-order valence-corrected chi connectivity index (χ0v) is 47.9. The predicted octanol–water partition coefficient (Wildman–Crippen LogP) is 17.5. The third-order valence-electron chi connectivity index (χ3n) is 12.3. The molecule has 0 aliphatic rings. The van der Waals surface area contributed by atoms with E-state index in [0.29, 0.717) is 19.3 Å². The Morgan fingerprint density at radius 3 is 1.14 bits per heavy atom. The molecule has 0 aliphatic heterocycles. The lowest BCUT2D eigenvalue weighted by atomic mass is 10.1. The maximum atomic E-state index is 12.9. The van der Waals surface area contributed by atoms with E-state index < -0.39 is 57.8 Å². The van der Waals surface area contributed by atoms with Gasteiger partial charge in [0.2, 0.25) is 0 Å². The second-order valence-electron chi connectivity index (χ2n) is 19.4. The van der Waals surface area contributed by atoms with Crippen LogP contribution in [-0.2, 0) is 42.2 Å². The Bertz CT molecular complexity index is 1560. The summed E-state index contributed by atoms with van der Waals surface area (Å²) < 4.78 is 39.5. The van der Waals surface area contributed by atoms with Crippen molar-refractivity contribution in [3.8, 4) is 0 Å². The second-order valence-corrected chi connectivity index (χ2v) is 20.9. The number of phosphoric ester groups is 1. The Balaban J connectivity index is 4.76. The number of rotatable bonds is 54. The molecule has 0 aromatic heterocycles. The maximum Gasteiger partial charge on any atom is 0.472 e. The Morgan fingerprint density at radius 2 is 0.716 bits per heavy atom. The lowest BCUT2D eigenvalue weighted by molar-refractivity contribution is -0.161. The molecule has 0 bridgehead atoms. The molecule has 0 saturated carbocycles. The Labute approximate surface area is 451 Å². The molecule has 2 N–H and O–H groups in total. The number of aliphatic hydroxyl groups is 1. The van der Waals surface area contributed by atoms with Gasteiger partial charge in [0.05, 0.1) is 19.8 Å². The van der Waals surface area contributed by atoms with Crippen LogP contribution >= 0.6 is 7.82 Å². The number of hydrogen-bond donors (Lipinski definition) is 2. The van der Waals surface area contributed by atoms with Crippen LogP contribution in [0.5, 0.6) is 0 Å². The first-order chi connectivity index (χ1) is 36.2. The molecule has 0 spiro atoms. The van der Waals surface area contributed by atoms with Gasteiger partial charge >= 0.3 is 25.7 Å². The summed E-state index contributed by atoms with van der Waals surface area (Å²) in [5.74, 6) is -1.51. The van der Waals surface area contributed by atoms with Crippen LogP contribution in [0, 0.1) is 0 Å². The van der Waals surface area contributed by atoms with E-state index in [0.717, 1.165) is 122 Å². The molecular weight excluding hydrogens is 952 g/mol. The van der Waals surface area contributed by atoms with Crippen LogP contribution in [0.4, 0.5) is 0 Å². The first-order valence-electron chi connectivity index (χ1n) is 29.5. The quantitative estimate of drug-likeness (QED) is 0.0197. The largest absolute Gasteiger partial charge is 0.472 e. The number of esters is 3. The SMILES string of the molecule is CC/C=C\C/C=C\C/C=C\C/C=C\CCCCCCC(=O)OC(COC(=O)CCCCCCCCCCC/C=C\C/C=C\CCCCC)COP(=O)(O)OCC(CO)OC(=O)CCCCCCC/C=C\CCCC. The molecule has 0 amide bonds. The van der Waals surface area contributed by atoms with Crippen molar-refractivity contribution in [2.45, 2.75) is 264 Å². The number of unbranched alkanes of at least 4 members (excludes halogenated alkanes) is 23. The van der Waals surface area contributed by atoms with Gasteiger partial charge < -0.3 is 24.2 Å². The number of aliphatic hydroxyl groups excluding tert-OH is 1. The Hall–Kier alpha value is -3.34. The van der Waals surface area contributed by atoms with E-state index >= 15 is 0 Å². The molecule has 74 heavy (non-hydrogen) atoms. The number of hydrogen-bond acceptors (Lipinski definition) is 10. The van der Waals surface area contributed by atoms with E-state index in [1.165, 1.54) is 70.6 Å². The summed E-state index contributed by atoms with van der Waals surface area (Å²) in [5, 5.41) is 9.80. The highest BCUT2D eigenvalue weighted by atomic mass is 31.2. The number of phosphoric acid groups is 1. The lowest BCUT2D eigenvalue weighted by Crippen LogP contribution is -2.30. The summed E-state index contributed by atoms with van der Waals surface area (Å²) in [6.45, 7) is 4.43. The van der Waals surface area contributed by atoms with Gasteiger partial charge in [0, 0.05) is 19.3 Å². The standard InChI is InChI=1S/C62H107O11P/c1-4-7-10-13-16-19-22-24-26-28-29-31-32-34-37-39-42-45-48-51-60(64)69-55-59(73-62(66)53-50-47-44-41-38-35-33-30-27-25-23-20-17-14-11-8-5-2)57-71-74(67,68)70-56-58(54-63)72-61(65)52-49-46-43-40-36-21-18-15-12-9-6-3/h8,11,15-20,24-27,33,35,58-59,63H,4-7,9-10,12-14,21-23,28-32,34,36-57H2,1-3H3,(H,67,68)/b11-8-,18-15-,19-16-,20-17-,26-24-,27-25-,35-33-. The van der Waals surface area contributed by atoms with Crippen LogP contribution < -0.4 is 0 Å². The number of carbonyl (C=O) groups is 3. The van der Waals surface area contributed by atoms with E-state index in [9.17, 15) is 28.9 Å². The van der Waals surface area contributed by atoms with Gasteiger partial charge in [0.25, 0.3) is 0 Å². The van der Waals surface area contributed by atoms with Crippen LogP contribution in [-0.4, -0.2) is 66.5 Å². The summed E-state index contributed by atoms with van der Waals surface area (Å²) >= 11 is 0. The molecular formula is C62H107O11P. The molecule has 12 heteroatoms. The number of allylic oxidation sites excluding steroid dienone is 14. The molecule has 11 nitrogen and oxygen atoms in total. The van der Waals surface area contributed by atoms with E-state index in [2.05, 4.69) is 106 Å². The summed E-state index contributed by atoms with van der Waals surface area (Å²) in [7, 11) is -4.76. The van der Waals surface area contributed by atoms with Gasteiger partial charge in [-0.2, -0.15) is 0 Å². The molecule has 3 unspecified atom stereocenters. The van der Waals surface area contributed by atoms with Gasteiger partial charge in [-0.15, -0.1) is 0 Å². The molecule has 0 aromatic rings. The Kier molecular flexibility index (Phi) is 53.4. The number of ether oxygens (including phenoxy) is 3. The zero-order chi connectivity index (χ0) is 54.1. The van der Waals surface area contributed by atoms with E-state index in [1.54, 1.807) is 0 Å². The molecule has 0 saturated heterocycles. The third kappa shape index (κ3) is 53.5. The lowest BCUT2D eigenvalue weighted by Gasteiger charge is -2.21. The van der Waals surface area contributed by atoms with Crippen molar-refractivity contribution in [1.29, 1.82) is 0 Å². The Morgan fingerprint density at radius 1 is 0.392 bits per heavy atom. The van der Waals surface area contributed by atoms with Gasteiger partial charge in [-0.1, -0.05) is 209 Å². The van der Waals surface area contributed by atoms with Crippen molar-refractivity contribution in [1.82, 2.24) is 0 Å². The summed E-state index contributed by atoms with van der Waals surface area (Å²) in [4.78, 5) is 48.5. The highest BCUT2D eigenvalue weighted by Crippen LogP contribution is 2.43. The molecule has 0 rings (SSSR count). The summed E-state index contributed by atoms with van der Waals surface area (Å²) in [6.07, 6.45) is 64.0. The van der Waals surface area contributed by atoms with Crippen molar-refractivity contribution in [2.75, 3.05) is 26.4 Å². The van der Waals surface area contributed by atoms with Crippen molar-refractivity contribution in [3.05, 3.63) is 85.1 Å². The van der Waals surface area contributed by atoms with Crippen LogP contribution in [0.15, 0.2) is 85.1 Å². The minimum absolute atomic E-state index is 0.136. The van der Waals surface area contributed by atoms with Gasteiger partial charge in [-0.05, 0) is 109 Å². The van der Waals surface area contributed by atoms with Gasteiger partial charge in [0.15, 0.2) is 6.10 Å². The highest BCUT2D eigenvalue weighted by molar-refractivity contribution is 7.47. The third-order valence-corrected chi connectivity index (χ3v) is 13.2. The molecule has 3 atom stereocenters. The van der Waals surface area contributed by atoms with Crippen molar-refractivity contribution in [3.63, 3.8) is 0 Å². The fourth-order valence-corrected chi connectivity index (χ4v) is 8.55.